The third-order valence-corrected chi connectivity index (χ3v) is 4.27. The molecule has 1 atom stereocenters. The van der Waals surface area contributed by atoms with Gasteiger partial charge in [-0.1, -0.05) is 0 Å². The molecule has 2 rings (SSSR count). The quantitative estimate of drug-likeness (QED) is 0.814. The van der Waals surface area contributed by atoms with E-state index in [1.165, 1.54) is 6.92 Å². The van der Waals surface area contributed by atoms with Crippen LogP contribution in [0.15, 0.2) is 39.4 Å². The molecular weight excluding hydrogens is 376 g/mol. The molecule has 0 saturated heterocycles. The van der Waals surface area contributed by atoms with Crippen LogP contribution in [-0.4, -0.2) is 17.5 Å². The summed E-state index contributed by atoms with van der Waals surface area (Å²) in [5, 5.41) is 19.6. The van der Waals surface area contributed by atoms with Gasteiger partial charge in [0.1, 0.15) is 17.4 Å². The SMILES string of the molecule is CCOc1cc([C@@H]2C(C#N)=C(N)OC(C)=C2C(C)=O)cc(Br)c1O. The van der Waals surface area contributed by atoms with Crippen LogP contribution in [0.5, 0.6) is 11.5 Å². The van der Waals surface area contributed by atoms with Crippen molar-refractivity contribution in [2.45, 2.75) is 26.7 Å². The second-order valence-corrected chi connectivity index (χ2v) is 6.09. The lowest BCUT2D eigenvalue weighted by atomic mass is 9.81. The highest BCUT2D eigenvalue weighted by atomic mass is 79.9. The van der Waals surface area contributed by atoms with Crippen molar-refractivity contribution in [1.29, 1.82) is 5.26 Å². The molecule has 1 aromatic carbocycles. The third kappa shape index (κ3) is 3.10. The number of ketones is 1. The van der Waals surface area contributed by atoms with Gasteiger partial charge in [-0.05, 0) is 54.4 Å². The van der Waals surface area contributed by atoms with Gasteiger partial charge in [-0.3, -0.25) is 4.79 Å². The van der Waals surface area contributed by atoms with Crippen LogP contribution < -0.4 is 10.5 Å². The molecule has 0 unspecified atom stereocenters. The largest absolute Gasteiger partial charge is 0.503 e. The smallest absolute Gasteiger partial charge is 0.205 e. The summed E-state index contributed by atoms with van der Waals surface area (Å²) in [7, 11) is 0. The third-order valence-electron chi connectivity index (χ3n) is 3.67. The summed E-state index contributed by atoms with van der Waals surface area (Å²) in [6.07, 6.45) is 0. The van der Waals surface area contributed by atoms with Gasteiger partial charge in [-0.15, -0.1) is 0 Å². The number of hydrogen-bond donors (Lipinski definition) is 2. The fourth-order valence-corrected chi connectivity index (χ4v) is 3.15. The number of aromatic hydroxyl groups is 1. The van der Waals surface area contributed by atoms with Crippen molar-refractivity contribution in [2.75, 3.05) is 6.61 Å². The number of phenolic OH excluding ortho intramolecular Hbond substituents is 1. The summed E-state index contributed by atoms with van der Waals surface area (Å²) < 4.78 is 11.2. The predicted molar refractivity (Wildman–Crippen MR) is 91.0 cm³/mol. The molecule has 0 fully saturated rings. The number of hydrogen-bond acceptors (Lipinski definition) is 6. The number of nitrogens with zero attached hydrogens (tertiary/aromatic N) is 1. The van der Waals surface area contributed by atoms with Gasteiger partial charge in [0.05, 0.1) is 17.0 Å². The average molecular weight is 393 g/mol. The molecule has 0 bridgehead atoms. The normalized spacial score (nSPS) is 17.4. The summed E-state index contributed by atoms with van der Waals surface area (Å²) in [6.45, 7) is 5.18. The van der Waals surface area contributed by atoms with E-state index >= 15 is 0 Å². The molecule has 0 radical (unpaired) electrons. The number of allylic oxidation sites excluding steroid dienone is 3. The molecule has 3 N–H and O–H groups in total. The van der Waals surface area contributed by atoms with Crippen molar-refractivity contribution in [2.24, 2.45) is 5.73 Å². The summed E-state index contributed by atoms with van der Waals surface area (Å²) in [5.41, 5.74) is 6.92. The molecule has 24 heavy (non-hydrogen) atoms. The first-order chi connectivity index (χ1) is 11.3. The van der Waals surface area contributed by atoms with E-state index in [-0.39, 0.29) is 28.7 Å². The van der Waals surface area contributed by atoms with Crippen molar-refractivity contribution < 1.29 is 19.4 Å². The first kappa shape index (κ1) is 17.9. The number of nitriles is 1. The number of carbonyl (C=O) groups excluding carboxylic acids is 1. The Kier molecular flexibility index (Phi) is 5.20. The van der Waals surface area contributed by atoms with Crippen LogP contribution in [0.4, 0.5) is 0 Å². The average Bonchev–Trinajstić information content (AvgIpc) is 2.50. The first-order valence-electron chi connectivity index (χ1n) is 7.26. The Hall–Kier alpha value is -2.46. The van der Waals surface area contributed by atoms with Crippen LogP contribution in [0.2, 0.25) is 0 Å². The van der Waals surface area contributed by atoms with Gasteiger partial charge in [-0.25, -0.2) is 0 Å². The minimum Gasteiger partial charge on any atom is -0.503 e. The zero-order valence-electron chi connectivity index (χ0n) is 13.5. The Balaban J connectivity index is 2.72. The predicted octanol–water partition coefficient (Wildman–Crippen LogP) is 3.22. The summed E-state index contributed by atoms with van der Waals surface area (Å²) in [4.78, 5) is 12.1. The summed E-state index contributed by atoms with van der Waals surface area (Å²) in [6, 6.07) is 5.25. The van der Waals surface area contributed by atoms with Gasteiger partial charge in [0, 0.05) is 5.57 Å². The number of ether oxygens (including phenoxy) is 2. The van der Waals surface area contributed by atoms with E-state index in [1.807, 2.05) is 6.07 Å². The number of carbonyl (C=O) groups is 1. The minimum atomic E-state index is -0.683. The van der Waals surface area contributed by atoms with Crippen LogP contribution >= 0.6 is 15.9 Å². The van der Waals surface area contributed by atoms with Gasteiger partial charge in [0.15, 0.2) is 17.3 Å². The van der Waals surface area contributed by atoms with Gasteiger partial charge in [0.25, 0.3) is 0 Å². The Morgan fingerprint density at radius 3 is 2.75 bits per heavy atom. The zero-order chi connectivity index (χ0) is 18.0. The molecule has 0 saturated carbocycles. The monoisotopic (exact) mass is 392 g/mol. The fraction of sp³-hybridized carbons (Fsp3) is 0.294. The molecule has 126 valence electrons. The van der Waals surface area contributed by atoms with Crippen LogP contribution in [0.25, 0.3) is 0 Å². The van der Waals surface area contributed by atoms with Gasteiger partial charge >= 0.3 is 0 Å². The Bertz CT molecular complexity index is 806. The van der Waals surface area contributed by atoms with E-state index in [2.05, 4.69) is 15.9 Å². The van der Waals surface area contributed by atoms with E-state index in [0.717, 1.165) is 0 Å². The van der Waals surface area contributed by atoms with Crippen LogP contribution in [0.3, 0.4) is 0 Å². The molecule has 0 amide bonds. The highest BCUT2D eigenvalue weighted by Gasteiger charge is 2.34. The maximum absolute atomic E-state index is 12.1. The zero-order valence-corrected chi connectivity index (χ0v) is 15.1. The summed E-state index contributed by atoms with van der Waals surface area (Å²) >= 11 is 3.27. The number of phenols is 1. The van der Waals surface area contributed by atoms with E-state index in [9.17, 15) is 15.2 Å². The van der Waals surface area contributed by atoms with Crippen molar-refractivity contribution >= 4 is 21.7 Å². The van der Waals surface area contributed by atoms with Crippen molar-refractivity contribution in [3.63, 3.8) is 0 Å². The Morgan fingerprint density at radius 1 is 1.54 bits per heavy atom. The molecule has 1 heterocycles. The summed E-state index contributed by atoms with van der Waals surface area (Å²) in [5.74, 6) is -0.381. The molecule has 0 spiro atoms. The number of rotatable bonds is 4. The van der Waals surface area contributed by atoms with Crippen molar-refractivity contribution in [3.8, 4) is 17.6 Å². The lowest BCUT2D eigenvalue weighted by molar-refractivity contribution is -0.114. The molecule has 1 aliphatic rings. The molecule has 6 nitrogen and oxygen atoms in total. The van der Waals surface area contributed by atoms with Gasteiger partial charge in [-0.2, -0.15) is 5.26 Å². The first-order valence-corrected chi connectivity index (χ1v) is 8.05. The van der Waals surface area contributed by atoms with Crippen molar-refractivity contribution in [3.05, 3.63) is 45.0 Å². The highest BCUT2D eigenvalue weighted by molar-refractivity contribution is 9.10. The van der Waals surface area contributed by atoms with E-state index < -0.39 is 5.92 Å². The van der Waals surface area contributed by atoms with E-state index in [4.69, 9.17) is 15.2 Å². The topological polar surface area (TPSA) is 106 Å². The number of benzene rings is 1. The van der Waals surface area contributed by atoms with Crippen LogP contribution in [-0.2, 0) is 9.53 Å². The lowest BCUT2D eigenvalue weighted by Crippen LogP contribution is -2.23. The fourth-order valence-electron chi connectivity index (χ4n) is 2.69. The molecule has 7 heteroatoms. The molecule has 0 aromatic heterocycles. The molecule has 0 aliphatic carbocycles. The van der Waals surface area contributed by atoms with Gasteiger partial charge in [0.2, 0.25) is 5.88 Å². The Labute approximate surface area is 148 Å². The Morgan fingerprint density at radius 2 is 2.21 bits per heavy atom. The van der Waals surface area contributed by atoms with Crippen LogP contribution in [0.1, 0.15) is 32.3 Å². The molecule has 1 aromatic rings. The second-order valence-electron chi connectivity index (χ2n) is 5.23. The molecular formula is C17H17BrN2O4. The number of halogens is 1. The highest BCUT2D eigenvalue weighted by Crippen LogP contribution is 2.44. The minimum absolute atomic E-state index is 0.0350. The van der Waals surface area contributed by atoms with Crippen LogP contribution in [0, 0.1) is 11.3 Å². The van der Waals surface area contributed by atoms with Gasteiger partial charge < -0.3 is 20.3 Å². The maximum atomic E-state index is 12.1. The standard InChI is InChI=1S/C17H17BrN2O4/c1-4-23-13-6-10(5-12(18)16(13)22)15-11(7-19)17(20)24-9(3)14(15)8(2)21/h5-6,15,22H,4,20H2,1-3H3/t15-/m1/s1. The lowest BCUT2D eigenvalue weighted by Gasteiger charge is -2.27. The van der Waals surface area contributed by atoms with E-state index in [1.54, 1.807) is 26.0 Å². The second kappa shape index (κ2) is 6.97. The van der Waals surface area contributed by atoms with Crippen molar-refractivity contribution in [1.82, 2.24) is 0 Å². The maximum Gasteiger partial charge on any atom is 0.205 e. The number of Topliss-reactive ketones (excluding diaryl/α,β-unsaturated/α-hetero) is 1. The molecule has 1 aliphatic heterocycles. The number of nitrogens with two attached hydrogens (primary N) is 1. The van der Waals surface area contributed by atoms with E-state index in [0.29, 0.717) is 28.0 Å².